The van der Waals surface area contributed by atoms with Gasteiger partial charge in [-0.15, -0.1) is 0 Å². The molecule has 1 atom stereocenters. The van der Waals surface area contributed by atoms with Gasteiger partial charge in [-0.3, -0.25) is 0 Å². The first kappa shape index (κ1) is 16.6. The first-order valence-corrected chi connectivity index (χ1v) is 8.54. The monoisotopic (exact) mass is 367 g/mol. The van der Waals surface area contributed by atoms with E-state index in [1.165, 1.54) is 6.07 Å². The van der Waals surface area contributed by atoms with Gasteiger partial charge in [0.25, 0.3) is 0 Å². The van der Waals surface area contributed by atoms with Crippen molar-refractivity contribution >= 4 is 17.5 Å². The largest absolute Gasteiger partial charge is 0.508 e. The molecule has 4 rings (SSSR count). The van der Waals surface area contributed by atoms with Crippen LogP contribution in [0.25, 0.3) is 11.1 Å². The van der Waals surface area contributed by atoms with Gasteiger partial charge in [0, 0.05) is 0 Å². The first-order valence-electron chi connectivity index (χ1n) is 8.16. The molecule has 0 aliphatic carbocycles. The summed E-state index contributed by atoms with van der Waals surface area (Å²) in [5.41, 5.74) is 3.24. The topological polar surface area (TPSA) is 41.8 Å². The number of aliphatic imine (C=N–C) groups is 1. The number of hydrogen-bond acceptors (Lipinski definition) is 3. The highest BCUT2D eigenvalue weighted by molar-refractivity contribution is 6.33. The molecule has 130 valence electrons. The van der Waals surface area contributed by atoms with Crippen LogP contribution in [0.15, 0.2) is 71.7 Å². The molecule has 26 heavy (non-hydrogen) atoms. The molecule has 3 nitrogen and oxygen atoms in total. The molecular formula is C21H15ClFNO2. The molecule has 1 heterocycles. The zero-order valence-electron chi connectivity index (χ0n) is 13.7. The molecular weight excluding hydrogens is 353 g/mol. The van der Waals surface area contributed by atoms with Crippen LogP contribution in [0.5, 0.6) is 5.75 Å². The van der Waals surface area contributed by atoms with Crippen molar-refractivity contribution in [3.63, 3.8) is 0 Å². The van der Waals surface area contributed by atoms with E-state index in [2.05, 4.69) is 4.99 Å². The maximum absolute atomic E-state index is 14.0. The first-order chi connectivity index (χ1) is 12.6. The van der Waals surface area contributed by atoms with Crippen LogP contribution in [0.1, 0.15) is 17.2 Å². The molecule has 0 bridgehead atoms. The van der Waals surface area contributed by atoms with Gasteiger partial charge in [-0.2, -0.15) is 0 Å². The lowest BCUT2D eigenvalue weighted by Gasteiger charge is -2.07. The number of rotatable bonds is 3. The second-order valence-electron chi connectivity index (χ2n) is 6.03. The Bertz CT molecular complexity index is 948. The SMILES string of the molecule is Oc1ccc(-c2ccc(C3COC(c4c(F)cccc4Cl)=N3)cc2)cc1. The van der Waals surface area contributed by atoms with Gasteiger partial charge >= 0.3 is 0 Å². The van der Waals surface area contributed by atoms with Gasteiger partial charge in [-0.1, -0.05) is 54.1 Å². The predicted molar refractivity (Wildman–Crippen MR) is 100 cm³/mol. The van der Waals surface area contributed by atoms with E-state index in [1.54, 1.807) is 24.3 Å². The van der Waals surface area contributed by atoms with Crippen LogP contribution in [0.3, 0.4) is 0 Å². The Balaban J connectivity index is 1.59. The Labute approximate surface area is 155 Å². The van der Waals surface area contributed by atoms with E-state index in [4.69, 9.17) is 16.3 Å². The molecule has 0 radical (unpaired) electrons. The van der Waals surface area contributed by atoms with Crippen LogP contribution in [0.4, 0.5) is 4.39 Å². The van der Waals surface area contributed by atoms with Gasteiger partial charge in [-0.25, -0.2) is 9.38 Å². The molecule has 0 saturated carbocycles. The number of halogens is 2. The smallest absolute Gasteiger partial charge is 0.221 e. The molecule has 1 aliphatic rings. The van der Waals surface area contributed by atoms with E-state index in [9.17, 15) is 9.50 Å². The van der Waals surface area contributed by atoms with Crippen LogP contribution in [-0.4, -0.2) is 17.6 Å². The summed E-state index contributed by atoms with van der Waals surface area (Å²) >= 11 is 6.08. The van der Waals surface area contributed by atoms with Gasteiger partial charge in [0.15, 0.2) is 0 Å². The third-order valence-electron chi connectivity index (χ3n) is 4.32. The number of phenolic OH excluding ortho intramolecular Hbond substituents is 1. The quantitative estimate of drug-likeness (QED) is 0.676. The minimum atomic E-state index is -0.445. The van der Waals surface area contributed by atoms with E-state index < -0.39 is 5.82 Å². The lowest BCUT2D eigenvalue weighted by molar-refractivity contribution is 0.319. The van der Waals surface area contributed by atoms with Crippen LogP contribution in [0.2, 0.25) is 5.02 Å². The molecule has 0 spiro atoms. The minimum Gasteiger partial charge on any atom is -0.508 e. The highest BCUT2D eigenvalue weighted by Crippen LogP contribution is 2.30. The van der Waals surface area contributed by atoms with E-state index in [0.717, 1.165) is 16.7 Å². The maximum Gasteiger partial charge on any atom is 0.221 e. The molecule has 0 amide bonds. The number of nitrogens with zero attached hydrogens (tertiary/aromatic N) is 1. The van der Waals surface area contributed by atoms with E-state index in [1.807, 2.05) is 36.4 Å². The summed E-state index contributed by atoms with van der Waals surface area (Å²) < 4.78 is 19.6. The molecule has 1 N–H and O–H groups in total. The summed E-state index contributed by atoms with van der Waals surface area (Å²) in [6, 6.07) is 19.3. The molecule has 0 aromatic heterocycles. The van der Waals surface area contributed by atoms with Crippen molar-refractivity contribution in [2.45, 2.75) is 6.04 Å². The van der Waals surface area contributed by atoms with Crippen molar-refractivity contribution < 1.29 is 14.2 Å². The van der Waals surface area contributed by atoms with Crippen molar-refractivity contribution in [3.8, 4) is 16.9 Å². The third kappa shape index (κ3) is 3.16. The Kier molecular flexibility index (Phi) is 4.35. The number of phenols is 1. The van der Waals surface area contributed by atoms with Crippen molar-refractivity contribution in [1.29, 1.82) is 0 Å². The van der Waals surface area contributed by atoms with Crippen LogP contribution >= 0.6 is 11.6 Å². The summed E-state index contributed by atoms with van der Waals surface area (Å²) in [7, 11) is 0. The third-order valence-corrected chi connectivity index (χ3v) is 4.64. The van der Waals surface area contributed by atoms with Crippen LogP contribution in [-0.2, 0) is 4.74 Å². The summed E-state index contributed by atoms with van der Waals surface area (Å²) in [6.07, 6.45) is 0. The molecule has 1 aliphatic heterocycles. The van der Waals surface area contributed by atoms with Crippen molar-refractivity contribution in [1.82, 2.24) is 0 Å². The Morgan fingerprint density at radius 3 is 2.27 bits per heavy atom. The fourth-order valence-corrected chi connectivity index (χ4v) is 3.18. The van der Waals surface area contributed by atoms with Crippen LogP contribution in [0, 0.1) is 5.82 Å². The summed E-state index contributed by atoms with van der Waals surface area (Å²) in [6.45, 7) is 0.346. The summed E-state index contributed by atoms with van der Waals surface area (Å²) in [4.78, 5) is 4.50. The lowest BCUT2D eigenvalue weighted by Crippen LogP contribution is -2.05. The highest BCUT2D eigenvalue weighted by Gasteiger charge is 2.25. The number of aromatic hydroxyl groups is 1. The summed E-state index contributed by atoms with van der Waals surface area (Å²) in [5.74, 6) is 0.0300. The van der Waals surface area contributed by atoms with E-state index in [0.29, 0.717) is 6.61 Å². The van der Waals surface area contributed by atoms with Crippen molar-refractivity contribution in [3.05, 3.63) is 88.7 Å². The van der Waals surface area contributed by atoms with Gasteiger partial charge in [-0.05, 0) is 41.0 Å². The highest BCUT2D eigenvalue weighted by atomic mass is 35.5. The van der Waals surface area contributed by atoms with Gasteiger partial charge < -0.3 is 9.84 Å². The van der Waals surface area contributed by atoms with E-state index >= 15 is 0 Å². The maximum atomic E-state index is 14.0. The Morgan fingerprint density at radius 2 is 1.62 bits per heavy atom. The molecule has 0 fully saturated rings. The Hall–Kier alpha value is -2.85. The molecule has 3 aromatic rings. The standard InChI is InChI=1S/C21H15ClFNO2/c22-17-2-1-3-18(23)20(17)21-24-19(12-26-21)15-6-4-13(5-7-15)14-8-10-16(25)11-9-14/h1-11,19,25H,12H2. The van der Waals surface area contributed by atoms with Crippen LogP contribution < -0.4 is 0 Å². The number of hydrogen-bond donors (Lipinski definition) is 1. The fraction of sp³-hybridized carbons (Fsp3) is 0.0952. The predicted octanol–water partition coefficient (Wildman–Crippen LogP) is 5.37. The average Bonchev–Trinajstić information content (AvgIpc) is 3.12. The van der Waals surface area contributed by atoms with Gasteiger partial charge in [0.1, 0.15) is 24.2 Å². The van der Waals surface area contributed by atoms with Crippen molar-refractivity contribution in [2.75, 3.05) is 6.61 Å². The number of benzene rings is 3. The fourth-order valence-electron chi connectivity index (χ4n) is 2.94. The minimum absolute atomic E-state index is 0.199. The second kappa shape index (κ2) is 6.81. The lowest BCUT2D eigenvalue weighted by atomic mass is 10.0. The molecule has 3 aromatic carbocycles. The molecule has 0 saturated heterocycles. The van der Waals surface area contributed by atoms with E-state index in [-0.39, 0.29) is 28.3 Å². The number of ether oxygens (including phenoxy) is 1. The summed E-state index contributed by atoms with van der Waals surface area (Å²) in [5, 5.41) is 9.67. The average molecular weight is 368 g/mol. The molecule has 1 unspecified atom stereocenters. The molecule has 5 heteroatoms. The van der Waals surface area contributed by atoms with Gasteiger partial charge in [0.2, 0.25) is 5.90 Å². The Morgan fingerprint density at radius 1 is 0.962 bits per heavy atom. The van der Waals surface area contributed by atoms with Crippen molar-refractivity contribution in [2.24, 2.45) is 4.99 Å². The second-order valence-corrected chi connectivity index (χ2v) is 6.43. The van der Waals surface area contributed by atoms with Gasteiger partial charge in [0.05, 0.1) is 10.6 Å². The normalized spacial score (nSPS) is 16.2. The zero-order valence-corrected chi connectivity index (χ0v) is 14.4. The zero-order chi connectivity index (χ0) is 18.1.